The zero-order chi connectivity index (χ0) is 13.5. The highest BCUT2D eigenvalue weighted by atomic mass is 35.5. The third kappa shape index (κ3) is 4.51. The highest BCUT2D eigenvalue weighted by Gasteiger charge is 2.14. The zero-order valence-electron chi connectivity index (χ0n) is 10.6. The molecule has 5 heteroatoms. The summed E-state index contributed by atoms with van der Waals surface area (Å²) in [6.45, 7) is 3.04. The highest BCUT2D eigenvalue weighted by molar-refractivity contribution is 6.48. The molecule has 0 aromatic heterocycles. The number of hydrogen-bond donors (Lipinski definition) is 1. The Morgan fingerprint density at radius 1 is 1.17 bits per heavy atom. The SMILES string of the molecule is CCC[C@H](CCNC)Oc1ccc(Cl)c(Cl)c1Cl. The van der Waals surface area contributed by atoms with Gasteiger partial charge in [-0.1, -0.05) is 48.1 Å². The van der Waals surface area contributed by atoms with E-state index in [9.17, 15) is 0 Å². The van der Waals surface area contributed by atoms with E-state index in [0.29, 0.717) is 20.8 Å². The molecule has 1 atom stereocenters. The molecule has 0 saturated carbocycles. The lowest BCUT2D eigenvalue weighted by Crippen LogP contribution is -2.22. The van der Waals surface area contributed by atoms with Crippen molar-refractivity contribution in [1.82, 2.24) is 5.32 Å². The molecular formula is C13H18Cl3NO. The Balaban J connectivity index is 2.77. The van der Waals surface area contributed by atoms with E-state index in [2.05, 4.69) is 12.2 Å². The Labute approximate surface area is 124 Å². The molecule has 0 aliphatic carbocycles. The maximum atomic E-state index is 6.12. The number of hydrogen-bond acceptors (Lipinski definition) is 2. The molecule has 1 rings (SSSR count). The molecule has 0 fully saturated rings. The van der Waals surface area contributed by atoms with Crippen LogP contribution in [-0.4, -0.2) is 19.7 Å². The van der Waals surface area contributed by atoms with Crippen molar-refractivity contribution in [3.63, 3.8) is 0 Å². The van der Waals surface area contributed by atoms with Crippen LogP contribution in [0.15, 0.2) is 12.1 Å². The lowest BCUT2D eigenvalue weighted by molar-refractivity contribution is 0.180. The Hall–Kier alpha value is -0.150. The lowest BCUT2D eigenvalue weighted by atomic mass is 10.1. The second-order valence-corrected chi connectivity index (χ2v) is 5.26. The van der Waals surface area contributed by atoms with Gasteiger partial charge in [0.1, 0.15) is 10.8 Å². The molecule has 2 nitrogen and oxygen atoms in total. The summed E-state index contributed by atoms with van der Waals surface area (Å²) in [5.41, 5.74) is 0. The summed E-state index contributed by atoms with van der Waals surface area (Å²) in [6.07, 6.45) is 3.11. The Kier molecular flexibility index (Phi) is 7.16. The smallest absolute Gasteiger partial charge is 0.139 e. The van der Waals surface area contributed by atoms with Crippen LogP contribution in [0, 0.1) is 0 Å². The Morgan fingerprint density at radius 3 is 2.50 bits per heavy atom. The standard InChI is InChI=1S/C13H18Cl3NO/c1-3-4-9(7-8-17-2)18-11-6-5-10(14)12(15)13(11)16/h5-6,9,17H,3-4,7-8H2,1-2H3/t9-/m1/s1. The first-order valence-electron chi connectivity index (χ1n) is 6.04. The van der Waals surface area contributed by atoms with E-state index in [1.807, 2.05) is 7.05 Å². The summed E-state index contributed by atoms with van der Waals surface area (Å²) in [5, 5.41) is 4.29. The van der Waals surface area contributed by atoms with Crippen LogP contribution in [0.4, 0.5) is 0 Å². The monoisotopic (exact) mass is 309 g/mol. The van der Waals surface area contributed by atoms with Gasteiger partial charge in [-0.15, -0.1) is 0 Å². The van der Waals surface area contributed by atoms with Gasteiger partial charge in [-0.25, -0.2) is 0 Å². The number of ether oxygens (including phenoxy) is 1. The van der Waals surface area contributed by atoms with E-state index in [4.69, 9.17) is 39.5 Å². The second kappa shape index (κ2) is 8.11. The summed E-state index contributed by atoms with van der Waals surface area (Å²) in [5.74, 6) is 0.598. The minimum atomic E-state index is 0.136. The maximum Gasteiger partial charge on any atom is 0.139 e. The molecule has 1 N–H and O–H groups in total. The molecule has 0 radical (unpaired) electrons. The third-order valence-electron chi connectivity index (χ3n) is 2.62. The summed E-state index contributed by atoms with van der Waals surface area (Å²) in [4.78, 5) is 0. The van der Waals surface area contributed by atoms with E-state index in [1.165, 1.54) is 0 Å². The molecule has 0 saturated heterocycles. The van der Waals surface area contributed by atoms with Crippen LogP contribution in [0.2, 0.25) is 15.1 Å². The first-order valence-corrected chi connectivity index (χ1v) is 7.18. The maximum absolute atomic E-state index is 6.12. The number of nitrogens with one attached hydrogen (secondary N) is 1. The van der Waals surface area contributed by atoms with Crippen LogP contribution in [-0.2, 0) is 0 Å². The van der Waals surface area contributed by atoms with E-state index in [0.717, 1.165) is 25.8 Å². The van der Waals surface area contributed by atoms with Gasteiger partial charge in [-0.3, -0.25) is 0 Å². The molecule has 1 aromatic carbocycles. The molecule has 102 valence electrons. The van der Waals surface area contributed by atoms with Gasteiger partial charge in [0, 0.05) is 0 Å². The van der Waals surface area contributed by atoms with E-state index in [1.54, 1.807) is 12.1 Å². The average molecular weight is 311 g/mol. The molecular weight excluding hydrogens is 293 g/mol. The molecule has 18 heavy (non-hydrogen) atoms. The number of rotatable bonds is 7. The Bertz CT molecular complexity index is 385. The van der Waals surface area contributed by atoms with Gasteiger partial charge >= 0.3 is 0 Å². The number of benzene rings is 1. The molecule has 0 spiro atoms. The van der Waals surface area contributed by atoms with E-state index >= 15 is 0 Å². The van der Waals surface area contributed by atoms with Crippen LogP contribution in [0.25, 0.3) is 0 Å². The fraction of sp³-hybridized carbons (Fsp3) is 0.538. The molecule has 1 aromatic rings. The van der Waals surface area contributed by atoms with Gasteiger partial charge in [0.15, 0.2) is 0 Å². The van der Waals surface area contributed by atoms with Gasteiger partial charge in [0.05, 0.1) is 16.1 Å². The topological polar surface area (TPSA) is 21.3 Å². The largest absolute Gasteiger partial charge is 0.489 e. The third-order valence-corrected chi connectivity index (χ3v) is 3.90. The molecule has 0 amide bonds. The summed E-state index contributed by atoms with van der Waals surface area (Å²) in [7, 11) is 1.93. The zero-order valence-corrected chi connectivity index (χ0v) is 12.9. The molecule has 0 bridgehead atoms. The molecule has 0 aliphatic rings. The predicted molar refractivity (Wildman–Crippen MR) is 79.3 cm³/mol. The van der Waals surface area contributed by atoms with Crippen molar-refractivity contribution in [2.75, 3.05) is 13.6 Å². The quantitative estimate of drug-likeness (QED) is 0.730. The van der Waals surface area contributed by atoms with Crippen molar-refractivity contribution < 1.29 is 4.74 Å². The van der Waals surface area contributed by atoms with Crippen LogP contribution in [0.3, 0.4) is 0 Å². The molecule has 0 heterocycles. The fourth-order valence-electron chi connectivity index (χ4n) is 1.67. The summed E-state index contributed by atoms with van der Waals surface area (Å²) in [6, 6.07) is 3.46. The van der Waals surface area contributed by atoms with Crippen molar-refractivity contribution in [3.05, 3.63) is 27.2 Å². The minimum Gasteiger partial charge on any atom is -0.489 e. The van der Waals surface area contributed by atoms with E-state index < -0.39 is 0 Å². The van der Waals surface area contributed by atoms with Gasteiger partial charge in [-0.05, 0) is 38.6 Å². The lowest BCUT2D eigenvalue weighted by Gasteiger charge is -2.19. The van der Waals surface area contributed by atoms with Crippen LogP contribution < -0.4 is 10.1 Å². The number of halogens is 3. The highest BCUT2D eigenvalue weighted by Crippen LogP contribution is 2.37. The van der Waals surface area contributed by atoms with Gasteiger partial charge in [0.25, 0.3) is 0 Å². The van der Waals surface area contributed by atoms with Crippen LogP contribution >= 0.6 is 34.8 Å². The first-order chi connectivity index (χ1) is 8.60. The van der Waals surface area contributed by atoms with Crippen molar-refractivity contribution in [3.8, 4) is 5.75 Å². The second-order valence-electron chi connectivity index (χ2n) is 4.09. The Morgan fingerprint density at radius 2 is 1.89 bits per heavy atom. The normalized spacial score (nSPS) is 12.5. The van der Waals surface area contributed by atoms with Crippen LogP contribution in [0.1, 0.15) is 26.2 Å². The van der Waals surface area contributed by atoms with Gasteiger partial charge in [0.2, 0.25) is 0 Å². The van der Waals surface area contributed by atoms with Crippen molar-refractivity contribution in [1.29, 1.82) is 0 Å². The molecule has 0 aliphatic heterocycles. The van der Waals surface area contributed by atoms with Crippen molar-refractivity contribution in [2.24, 2.45) is 0 Å². The molecule has 0 unspecified atom stereocenters. The van der Waals surface area contributed by atoms with Crippen molar-refractivity contribution >= 4 is 34.8 Å². The van der Waals surface area contributed by atoms with Gasteiger partial charge in [-0.2, -0.15) is 0 Å². The first kappa shape index (κ1) is 15.9. The average Bonchev–Trinajstić information content (AvgIpc) is 2.36. The minimum absolute atomic E-state index is 0.136. The summed E-state index contributed by atoms with van der Waals surface area (Å²) < 4.78 is 5.91. The van der Waals surface area contributed by atoms with Crippen molar-refractivity contribution in [2.45, 2.75) is 32.3 Å². The van der Waals surface area contributed by atoms with Gasteiger partial charge < -0.3 is 10.1 Å². The van der Waals surface area contributed by atoms with E-state index in [-0.39, 0.29) is 6.10 Å². The van der Waals surface area contributed by atoms with Crippen LogP contribution in [0.5, 0.6) is 5.75 Å². The summed E-state index contributed by atoms with van der Waals surface area (Å²) >= 11 is 18.0. The predicted octanol–water partition coefficient (Wildman–Crippen LogP) is 4.80. The fourth-order valence-corrected chi connectivity index (χ4v) is 2.24.